The number of nitrogens with zero attached hydrogens (tertiary/aromatic N) is 2. The topological polar surface area (TPSA) is 25.2 Å². The highest BCUT2D eigenvalue weighted by atomic mass is 35.5. The third-order valence-corrected chi connectivity index (χ3v) is 2.07. The van der Waals surface area contributed by atoms with Crippen molar-refractivity contribution in [1.29, 1.82) is 0 Å². The van der Waals surface area contributed by atoms with Crippen molar-refractivity contribution in [2.75, 3.05) is 0 Å². The molecule has 0 amide bonds. The van der Waals surface area contributed by atoms with E-state index in [-0.39, 0.29) is 0 Å². The fourth-order valence-electron chi connectivity index (χ4n) is 1.10. The van der Waals surface area contributed by atoms with Gasteiger partial charge < -0.3 is 0 Å². The Kier molecular flexibility index (Phi) is 9.51. The van der Waals surface area contributed by atoms with E-state index in [0.29, 0.717) is 5.17 Å². The largest absolute Gasteiger partial charge is 0.265 e. The Morgan fingerprint density at radius 1 is 1.33 bits per heavy atom. The summed E-state index contributed by atoms with van der Waals surface area (Å²) in [5.41, 5.74) is 1.61. The van der Waals surface area contributed by atoms with Crippen LogP contribution < -0.4 is 0 Å². The minimum absolute atomic E-state index is 0.434. The Bertz CT molecular complexity index is 431. The normalized spacial score (nSPS) is 12.0. The molecule has 1 heterocycles. The monoisotopic (exact) mass is 262 g/mol. The van der Waals surface area contributed by atoms with Crippen LogP contribution in [0.15, 0.2) is 66.0 Å². The Hall–Kier alpha value is -1.67. The van der Waals surface area contributed by atoms with Crippen LogP contribution in [0.25, 0.3) is 0 Å². The number of hydrogen-bond donors (Lipinski definition) is 0. The summed E-state index contributed by atoms with van der Waals surface area (Å²) in [5, 5.41) is 0.434. The highest BCUT2D eigenvalue weighted by Gasteiger charge is 1.99. The van der Waals surface area contributed by atoms with Gasteiger partial charge in [0.15, 0.2) is 0 Å². The first-order chi connectivity index (χ1) is 8.77. The number of allylic oxidation sites excluding steroid dienone is 5. The highest BCUT2D eigenvalue weighted by molar-refractivity contribution is 6.70. The molecule has 0 aromatic carbocycles. The first-order valence-electron chi connectivity index (χ1n) is 5.88. The summed E-state index contributed by atoms with van der Waals surface area (Å²) < 4.78 is 0. The summed E-state index contributed by atoms with van der Waals surface area (Å²) >= 11 is 6.10. The fourth-order valence-corrected chi connectivity index (χ4v) is 1.32. The van der Waals surface area contributed by atoms with E-state index in [4.69, 9.17) is 11.6 Å². The van der Waals surface area contributed by atoms with Gasteiger partial charge in [0.25, 0.3) is 0 Å². The van der Waals surface area contributed by atoms with E-state index in [9.17, 15) is 0 Å². The molecule has 96 valence electrons. The van der Waals surface area contributed by atoms with Gasteiger partial charge in [0.05, 0.1) is 5.69 Å². The SMILES string of the molecule is C=C/C=C(\C=C/C)C(Cl)=Nc1ccncc1.CC. The minimum atomic E-state index is 0.434. The summed E-state index contributed by atoms with van der Waals surface area (Å²) in [7, 11) is 0. The van der Waals surface area contributed by atoms with Crippen LogP contribution in [0, 0.1) is 0 Å². The summed E-state index contributed by atoms with van der Waals surface area (Å²) in [6, 6.07) is 3.59. The molecule has 0 atom stereocenters. The van der Waals surface area contributed by atoms with Crippen LogP contribution in [-0.2, 0) is 0 Å². The average Bonchev–Trinajstić information content (AvgIpc) is 2.42. The predicted molar refractivity (Wildman–Crippen MR) is 81.6 cm³/mol. The zero-order valence-electron chi connectivity index (χ0n) is 11.1. The van der Waals surface area contributed by atoms with E-state index in [0.717, 1.165) is 11.3 Å². The first kappa shape index (κ1) is 16.3. The van der Waals surface area contributed by atoms with Crippen molar-refractivity contribution < 1.29 is 0 Å². The maximum atomic E-state index is 6.10. The molecule has 1 aromatic heterocycles. The standard InChI is InChI=1S/C13H13ClN2.C2H6/c1-3-5-11(6-4-2)13(14)16-12-7-9-15-10-8-12;1-2/h3-10H,1H2,2H3;1-2H3/b6-4-,11-5+,16-13?;. The lowest BCUT2D eigenvalue weighted by molar-refractivity contribution is 1.31. The Morgan fingerprint density at radius 3 is 2.44 bits per heavy atom. The minimum Gasteiger partial charge on any atom is -0.265 e. The number of hydrogen-bond acceptors (Lipinski definition) is 2. The molecular formula is C15H19ClN2. The van der Waals surface area contributed by atoms with E-state index in [1.165, 1.54) is 0 Å². The van der Waals surface area contributed by atoms with Gasteiger partial charge in [0.1, 0.15) is 5.17 Å². The first-order valence-corrected chi connectivity index (χ1v) is 6.25. The van der Waals surface area contributed by atoms with Crippen LogP contribution in [0.3, 0.4) is 0 Å². The van der Waals surface area contributed by atoms with Crippen LogP contribution >= 0.6 is 11.6 Å². The molecule has 0 aliphatic rings. The molecule has 0 unspecified atom stereocenters. The van der Waals surface area contributed by atoms with Gasteiger partial charge in [0, 0.05) is 18.0 Å². The average molecular weight is 263 g/mol. The van der Waals surface area contributed by atoms with Crippen molar-refractivity contribution in [2.24, 2.45) is 4.99 Å². The highest BCUT2D eigenvalue weighted by Crippen LogP contribution is 2.14. The van der Waals surface area contributed by atoms with Crippen molar-refractivity contribution in [3.63, 3.8) is 0 Å². The molecule has 0 aliphatic carbocycles. The predicted octanol–water partition coefficient (Wildman–Crippen LogP) is 5.07. The van der Waals surface area contributed by atoms with E-state index in [2.05, 4.69) is 16.6 Å². The molecule has 3 heteroatoms. The summed E-state index contributed by atoms with van der Waals surface area (Å²) in [5.74, 6) is 0. The molecule has 1 rings (SSSR count). The lowest BCUT2D eigenvalue weighted by Crippen LogP contribution is -1.90. The van der Waals surface area contributed by atoms with Gasteiger partial charge in [-0.05, 0) is 19.1 Å². The zero-order chi connectivity index (χ0) is 13.8. The van der Waals surface area contributed by atoms with Crippen LogP contribution in [0.4, 0.5) is 5.69 Å². The van der Waals surface area contributed by atoms with E-state index < -0.39 is 0 Å². The molecular weight excluding hydrogens is 244 g/mol. The summed E-state index contributed by atoms with van der Waals surface area (Å²) in [4.78, 5) is 8.18. The maximum Gasteiger partial charge on any atom is 0.136 e. The molecule has 0 saturated carbocycles. The number of pyridine rings is 1. The van der Waals surface area contributed by atoms with Crippen LogP contribution in [0.1, 0.15) is 20.8 Å². The molecule has 0 fully saturated rings. The molecule has 1 aromatic rings. The summed E-state index contributed by atoms with van der Waals surface area (Å²) in [6.07, 6.45) is 10.6. The van der Waals surface area contributed by atoms with E-state index in [1.807, 2.05) is 39.0 Å². The Morgan fingerprint density at radius 2 is 1.94 bits per heavy atom. The number of rotatable bonds is 4. The van der Waals surface area contributed by atoms with E-state index in [1.54, 1.807) is 30.6 Å². The Balaban J connectivity index is 0.00000137. The number of halogens is 1. The molecule has 18 heavy (non-hydrogen) atoms. The fraction of sp³-hybridized carbons (Fsp3) is 0.200. The molecule has 0 spiro atoms. The molecule has 0 saturated heterocycles. The zero-order valence-corrected chi connectivity index (χ0v) is 11.9. The quantitative estimate of drug-likeness (QED) is 0.550. The van der Waals surface area contributed by atoms with Gasteiger partial charge in [-0.2, -0.15) is 0 Å². The number of aliphatic imine (C=N–C) groups is 1. The van der Waals surface area contributed by atoms with Crippen molar-refractivity contribution in [2.45, 2.75) is 20.8 Å². The van der Waals surface area contributed by atoms with Gasteiger partial charge >= 0.3 is 0 Å². The second kappa shape index (κ2) is 10.5. The Labute approximate surface area is 114 Å². The number of aromatic nitrogens is 1. The maximum absolute atomic E-state index is 6.10. The van der Waals surface area contributed by atoms with Crippen LogP contribution in [0.5, 0.6) is 0 Å². The molecule has 0 bridgehead atoms. The third kappa shape index (κ3) is 6.16. The molecule has 0 N–H and O–H groups in total. The van der Waals surface area contributed by atoms with Crippen molar-refractivity contribution in [1.82, 2.24) is 4.98 Å². The second-order valence-electron chi connectivity index (χ2n) is 2.97. The van der Waals surface area contributed by atoms with Crippen LogP contribution in [0.2, 0.25) is 0 Å². The van der Waals surface area contributed by atoms with Gasteiger partial charge in [0.2, 0.25) is 0 Å². The second-order valence-corrected chi connectivity index (χ2v) is 3.32. The van der Waals surface area contributed by atoms with Crippen molar-refractivity contribution in [3.8, 4) is 0 Å². The van der Waals surface area contributed by atoms with Crippen molar-refractivity contribution >= 4 is 22.5 Å². The lowest BCUT2D eigenvalue weighted by atomic mass is 10.2. The molecule has 0 aliphatic heterocycles. The van der Waals surface area contributed by atoms with Gasteiger partial charge in [-0.3, -0.25) is 4.98 Å². The van der Waals surface area contributed by atoms with E-state index >= 15 is 0 Å². The van der Waals surface area contributed by atoms with Gasteiger partial charge in [-0.1, -0.05) is 56.3 Å². The van der Waals surface area contributed by atoms with Crippen LogP contribution in [-0.4, -0.2) is 10.2 Å². The van der Waals surface area contributed by atoms with Crippen molar-refractivity contribution in [3.05, 3.63) is 61.0 Å². The van der Waals surface area contributed by atoms with Gasteiger partial charge in [-0.25, -0.2) is 4.99 Å². The van der Waals surface area contributed by atoms with Gasteiger partial charge in [-0.15, -0.1) is 0 Å². The molecule has 2 nitrogen and oxygen atoms in total. The third-order valence-electron chi connectivity index (χ3n) is 1.77. The molecule has 0 radical (unpaired) electrons. The smallest absolute Gasteiger partial charge is 0.136 e. The lowest BCUT2D eigenvalue weighted by Gasteiger charge is -1.98. The summed E-state index contributed by atoms with van der Waals surface area (Å²) in [6.45, 7) is 9.56.